The fourth-order valence-corrected chi connectivity index (χ4v) is 1.87. The fourth-order valence-electron chi connectivity index (χ4n) is 1.87. The average Bonchev–Trinajstić information content (AvgIpc) is 2.92. The molecule has 19 heavy (non-hydrogen) atoms. The van der Waals surface area contributed by atoms with E-state index in [4.69, 9.17) is 9.15 Å². The molecule has 0 bridgehead atoms. The van der Waals surface area contributed by atoms with Crippen molar-refractivity contribution >= 4 is 0 Å². The minimum Gasteiger partial charge on any atom is -0.493 e. The summed E-state index contributed by atoms with van der Waals surface area (Å²) in [6.45, 7) is 6.60. The molecular formula is C16H21NO2. The van der Waals surface area contributed by atoms with Crippen molar-refractivity contribution in [3.8, 4) is 17.1 Å². The van der Waals surface area contributed by atoms with Crippen LogP contribution >= 0.6 is 0 Å². The summed E-state index contributed by atoms with van der Waals surface area (Å²) in [5.41, 5.74) is 1.01. The number of nitrogens with one attached hydrogen (secondary N) is 1. The van der Waals surface area contributed by atoms with Gasteiger partial charge in [-0.05, 0) is 37.2 Å². The van der Waals surface area contributed by atoms with Crippen LogP contribution < -0.4 is 10.1 Å². The lowest BCUT2D eigenvalue weighted by Gasteiger charge is -2.08. The molecule has 0 saturated heterocycles. The quantitative estimate of drug-likeness (QED) is 0.820. The SMILES string of the molecule is CCCOc1ccccc1-c1ccc(CNCC)o1. The number of hydrogen-bond donors (Lipinski definition) is 1. The maximum atomic E-state index is 5.85. The van der Waals surface area contributed by atoms with Gasteiger partial charge in [-0.2, -0.15) is 0 Å². The molecule has 102 valence electrons. The van der Waals surface area contributed by atoms with Crippen LogP contribution in [-0.4, -0.2) is 13.2 Å². The molecule has 0 aliphatic heterocycles. The lowest BCUT2D eigenvalue weighted by Crippen LogP contribution is -2.10. The summed E-state index contributed by atoms with van der Waals surface area (Å²) in [6.07, 6.45) is 0.998. The van der Waals surface area contributed by atoms with Crippen LogP contribution in [0.3, 0.4) is 0 Å². The Morgan fingerprint density at radius 1 is 1.11 bits per heavy atom. The number of furan rings is 1. The summed E-state index contributed by atoms with van der Waals surface area (Å²) < 4.78 is 11.6. The Morgan fingerprint density at radius 3 is 2.74 bits per heavy atom. The Labute approximate surface area is 114 Å². The predicted octanol–water partition coefficient (Wildman–Crippen LogP) is 3.84. The van der Waals surface area contributed by atoms with Crippen molar-refractivity contribution in [2.24, 2.45) is 0 Å². The van der Waals surface area contributed by atoms with E-state index in [2.05, 4.69) is 19.2 Å². The first kappa shape index (κ1) is 13.7. The molecule has 3 heteroatoms. The molecular weight excluding hydrogens is 238 g/mol. The van der Waals surface area contributed by atoms with Gasteiger partial charge in [0.25, 0.3) is 0 Å². The first-order valence-corrected chi connectivity index (χ1v) is 6.86. The highest BCUT2D eigenvalue weighted by atomic mass is 16.5. The Morgan fingerprint density at radius 2 is 1.95 bits per heavy atom. The van der Waals surface area contributed by atoms with Crippen molar-refractivity contribution < 1.29 is 9.15 Å². The van der Waals surface area contributed by atoms with Crippen LogP contribution in [0.15, 0.2) is 40.8 Å². The number of para-hydroxylation sites is 1. The smallest absolute Gasteiger partial charge is 0.138 e. The summed E-state index contributed by atoms with van der Waals surface area (Å²) >= 11 is 0. The summed E-state index contributed by atoms with van der Waals surface area (Å²) in [6, 6.07) is 12.0. The second-order valence-corrected chi connectivity index (χ2v) is 4.39. The third-order valence-corrected chi connectivity index (χ3v) is 2.83. The summed E-state index contributed by atoms with van der Waals surface area (Å²) in [5.74, 6) is 2.69. The predicted molar refractivity (Wildman–Crippen MR) is 77.3 cm³/mol. The van der Waals surface area contributed by atoms with Crippen LogP contribution in [0, 0.1) is 0 Å². The monoisotopic (exact) mass is 259 g/mol. The Kier molecular flexibility index (Phi) is 5.04. The molecule has 3 nitrogen and oxygen atoms in total. The highest BCUT2D eigenvalue weighted by Crippen LogP contribution is 2.31. The molecule has 2 rings (SSSR count). The zero-order valence-electron chi connectivity index (χ0n) is 11.6. The molecule has 0 radical (unpaired) electrons. The first-order valence-electron chi connectivity index (χ1n) is 6.86. The number of benzene rings is 1. The van der Waals surface area contributed by atoms with Gasteiger partial charge in [-0.15, -0.1) is 0 Å². The van der Waals surface area contributed by atoms with Gasteiger partial charge in [-0.25, -0.2) is 0 Å². The number of ether oxygens (including phenoxy) is 1. The fraction of sp³-hybridized carbons (Fsp3) is 0.375. The Balaban J connectivity index is 2.18. The van der Waals surface area contributed by atoms with Crippen LogP contribution in [0.5, 0.6) is 5.75 Å². The van der Waals surface area contributed by atoms with Crippen molar-refractivity contribution in [1.82, 2.24) is 5.32 Å². The first-order chi connectivity index (χ1) is 9.35. The van der Waals surface area contributed by atoms with Gasteiger partial charge in [0.1, 0.15) is 17.3 Å². The summed E-state index contributed by atoms with van der Waals surface area (Å²) in [4.78, 5) is 0. The molecule has 1 N–H and O–H groups in total. The third-order valence-electron chi connectivity index (χ3n) is 2.83. The maximum absolute atomic E-state index is 5.85. The second-order valence-electron chi connectivity index (χ2n) is 4.39. The Hall–Kier alpha value is -1.74. The van der Waals surface area contributed by atoms with Crippen LogP contribution in [0.25, 0.3) is 11.3 Å². The average molecular weight is 259 g/mol. The number of rotatable bonds is 7. The third kappa shape index (κ3) is 3.61. The largest absolute Gasteiger partial charge is 0.493 e. The van der Waals surface area contributed by atoms with E-state index in [1.54, 1.807) is 0 Å². The zero-order valence-corrected chi connectivity index (χ0v) is 11.6. The number of hydrogen-bond acceptors (Lipinski definition) is 3. The van der Waals surface area contributed by atoms with E-state index in [1.807, 2.05) is 36.4 Å². The van der Waals surface area contributed by atoms with E-state index < -0.39 is 0 Å². The maximum Gasteiger partial charge on any atom is 0.138 e. The molecule has 1 aromatic carbocycles. The van der Waals surface area contributed by atoms with Gasteiger partial charge >= 0.3 is 0 Å². The van der Waals surface area contributed by atoms with E-state index >= 15 is 0 Å². The highest BCUT2D eigenvalue weighted by molar-refractivity contribution is 5.65. The molecule has 0 unspecified atom stereocenters. The highest BCUT2D eigenvalue weighted by Gasteiger charge is 2.09. The van der Waals surface area contributed by atoms with Crippen molar-refractivity contribution in [3.63, 3.8) is 0 Å². The molecule has 0 aliphatic carbocycles. The molecule has 0 amide bonds. The van der Waals surface area contributed by atoms with Gasteiger partial charge in [0.15, 0.2) is 0 Å². The molecule has 0 aliphatic rings. The van der Waals surface area contributed by atoms with Gasteiger partial charge in [0, 0.05) is 0 Å². The van der Waals surface area contributed by atoms with Gasteiger partial charge in [0.05, 0.1) is 18.7 Å². The second kappa shape index (κ2) is 7.00. The standard InChI is InChI=1S/C16H21NO2/c1-3-11-18-15-8-6-5-7-14(15)16-10-9-13(19-16)12-17-4-2/h5-10,17H,3-4,11-12H2,1-2H3. The van der Waals surface area contributed by atoms with Crippen LogP contribution in [0.4, 0.5) is 0 Å². The van der Waals surface area contributed by atoms with Crippen LogP contribution in [-0.2, 0) is 6.54 Å². The lowest BCUT2D eigenvalue weighted by atomic mass is 10.1. The van der Waals surface area contributed by atoms with Gasteiger partial charge in [-0.3, -0.25) is 0 Å². The normalized spacial score (nSPS) is 10.6. The van der Waals surface area contributed by atoms with Crippen molar-refractivity contribution in [2.45, 2.75) is 26.8 Å². The minimum atomic E-state index is 0.724. The minimum absolute atomic E-state index is 0.724. The van der Waals surface area contributed by atoms with E-state index in [9.17, 15) is 0 Å². The summed E-state index contributed by atoms with van der Waals surface area (Å²) in [5, 5.41) is 3.25. The summed E-state index contributed by atoms with van der Waals surface area (Å²) in [7, 11) is 0. The Bertz CT molecular complexity index is 505. The molecule has 0 atom stereocenters. The molecule has 0 saturated carbocycles. The van der Waals surface area contributed by atoms with Crippen LogP contribution in [0.2, 0.25) is 0 Å². The van der Waals surface area contributed by atoms with Crippen LogP contribution in [0.1, 0.15) is 26.0 Å². The molecule has 1 aromatic heterocycles. The zero-order chi connectivity index (χ0) is 13.5. The van der Waals surface area contributed by atoms with E-state index in [1.165, 1.54) is 0 Å². The van der Waals surface area contributed by atoms with E-state index in [0.29, 0.717) is 0 Å². The molecule has 0 fully saturated rings. The van der Waals surface area contributed by atoms with Crippen molar-refractivity contribution in [3.05, 3.63) is 42.2 Å². The molecule has 1 heterocycles. The van der Waals surface area contributed by atoms with Gasteiger partial charge < -0.3 is 14.5 Å². The lowest BCUT2D eigenvalue weighted by molar-refractivity contribution is 0.318. The van der Waals surface area contributed by atoms with Gasteiger partial charge in [0.2, 0.25) is 0 Å². The van der Waals surface area contributed by atoms with E-state index in [-0.39, 0.29) is 0 Å². The van der Waals surface area contributed by atoms with Crippen molar-refractivity contribution in [1.29, 1.82) is 0 Å². The molecule has 0 spiro atoms. The van der Waals surface area contributed by atoms with Gasteiger partial charge in [-0.1, -0.05) is 26.0 Å². The van der Waals surface area contributed by atoms with Crippen molar-refractivity contribution in [2.75, 3.05) is 13.2 Å². The molecule has 2 aromatic rings. The topological polar surface area (TPSA) is 34.4 Å². The van der Waals surface area contributed by atoms with E-state index in [0.717, 1.165) is 49.0 Å².